The maximum atomic E-state index is 14.6. The highest BCUT2D eigenvalue weighted by molar-refractivity contribution is 6.16. The van der Waals surface area contributed by atoms with Crippen molar-refractivity contribution in [2.24, 2.45) is 0 Å². The van der Waals surface area contributed by atoms with E-state index in [4.69, 9.17) is 9.15 Å². The molecule has 2 aromatic carbocycles. The number of carbonyl (C=O) groups excluding carboxylic acids is 1. The molecule has 1 heterocycles. The first-order valence-corrected chi connectivity index (χ1v) is 10.7. The van der Waals surface area contributed by atoms with Gasteiger partial charge in [-0.05, 0) is 24.6 Å². The molecule has 0 aliphatic carbocycles. The van der Waals surface area contributed by atoms with Crippen molar-refractivity contribution >= 4 is 16.8 Å². The first kappa shape index (κ1) is 26.3. The SMILES string of the molecule is CCCCc1oc2ccccc2c1C(=O)c1cc(F)c(OCCC[N+](C)(C)C)c(F)c1.[I-]. The number of hydrogen-bond acceptors (Lipinski definition) is 3. The van der Waals surface area contributed by atoms with Crippen LogP contribution in [-0.4, -0.2) is 44.6 Å². The summed E-state index contributed by atoms with van der Waals surface area (Å²) in [5.41, 5.74) is 0.910. The minimum atomic E-state index is -0.878. The van der Waals surface area contributed by atoms with Crippen LogP contribution >= 0.6 is 0 Å². The second kappa shape index (κ2) is 11.2. The van der Waals surface area contributed by atoms with Gasteiger partial charge in [-0.2, -0.15) is 0 Å². The first-order chi connectivity index (χ1) is 14.7. The van der Waals surface area contributed by atoms with Crippen LogP contribution in [0.2, 0.25) is 0 Å². The molecule has 0 atom stereocenters. The number of quaternary nitrogens is 1. The lowest BCUT2D eigenvalue weighted by molar-refractivity contribution is -0.870. The van der Waals surface area contributed by atoms with Crippen molar-refractivity contribution in [1.29, 1.82) is 0 Å². The molecule has 7 heteroatoms. The molecule has 0 saturated heterocycles. The second-order valence-corrected chi connectivity index (χ2v) is 8.81. The van der Waals surface area contributed by atoms with E-state index in [2.05, 4.69) is 0 Å². The number of furan rings is 1. The molecule has 1 aromatic heterocycles. The Morgan fingerprint density at radius 2 is 1.72 bits per heavy atom. The van der Waals surface area contributed by atoms with Gasteiger partial charge in [0.15, 0.2) is 23.2 Å². The van der Waals surface area contributed by atoms with Gasteiger partial charge in [-0.15, -0.1) is 0 Å². The van der Waals surface area contributed by atoms with Gasteiger partial charge in [0.25, 0.3) is 0 Å². The van der Waals surface area contributed by atoms with E-state index in [1.165, 1.54) is 0 Å². The molecule has 0 amide bonds. The summed E-state index contributed by atoms with van der Waals surface area (Å²) in [5, 5.41) is 0.653. The molecule has 0 aliphatic rings. The van der Waals surface area contributed by atoms with E-state index in [1.807, 2.05) is 40.2 Å². The largest absolute Gasteiger partial charge is 1.00 e. The number of rotatable bonds is 10. The van der Waals surface area contributed by atoms with Crippen molar-refractivity contribution < 1.29 is 51.2 Å². The molecule has 0 bridgehead atoms. The maximum absolute atomic E-state index is 14.6. The number of ether oxygens (including phenoxy) is 1. The van der Waals surface area contributed by atoms with Crippen molar-refractivity contribution in [3.63, 3.8) is 0 Å². The number of hydrogen-bond donors (Lipinski definition) is 0. The van der Waals surface area contributed by atoms with E-state index < -0.39 is 23.2 Å². The number of para-hydroxylation sites is 1. The third kappa shape index (κ3) is 6.28. The Morgan fingerprint density at radius 1 is 1.06 bits per heavy atom. The third-order valence-corrected chi connectivity index (χ3v) is 5.13. The topological polar surface area (TPSA) is 39.4 Å². The molecule has 0 saturated carbocycles. The minimum absolute atomic E-state index is 0. The predicted molar refractivity (Wildman–Crippen MR) is 118 cm³/mol. The molecular formula is C25H30F2INO3. The van der Waals surface area contributed by atoms with Crippen molar-refractivity contribution in [3.05, 3.63) is 64.9 Å². The average molecular weight is 557 g/mol. The van der Waals surface area contributed by atoms with Gasteiger partial charge in [0, 0.05) is 23.8 Å². The fourth-order valence-electron chi connectivity index (χ4n) is 3.54. The number of fused-ring (bicyclic) bond motifs is 1. The van der Waals surface area contributed by atoms with E-state index in [0.717, 1.165) is 36.0 Å². The van der Waals surface area contributed by atoms with Crippen LogP contribution < -0.4 is 28.7 Å². The summed E-state index contributed by atoms with van der Waals surface area (Å²) in [5.74, 6) is -2.10. The molecule has 3 aromatic rings. The van der Waals surface area contributed by atoms with Crippen molar-refractivity contribution in [2.75, 3.05) is 34.3 Å². The van der Waals surface area contributed by atoms with Crippen LogP contribution in [0.15, 0.2) is 40.8 Å². The zero-order valence-electron chi connectivity index (χ0n) is 19.0. The fraction of sp³-hybridized carbons (Fsp3) is 0.400. The van der Waals surface area contributed by atoms with Gasteiger partial charge in [-0.3, -0.25) is 4.79 Å². The monoisotopic (exact) mass is 557 g/mol. The molecule has 174 valence electrons. The summed E-state index contributed by atoms with van der Waals surface area (Å²) in [7, 11) is 6.11. The Balaban J connectivity index is 0.00000363. The predicted octanol–water partition coefficient (Wildman–Crippen LogP) is 2.76. The average Bonchev–Trinajstić information content (AvgIpc) is 3.07. The number of unbranched alkanes of at least 4 members (excludes halogenated alkanes) is 1. The van der Waals surface area contributed by atoms with E-state index in [9.17, 15) is 13.6 Å². The number of aryl methyl sites for hydroxylation is 1. The Hall–Kier alpha value is -2.00. The van der Waals surface area contributed by atoms with Crippen LogP contribution in [0.4, 0.5) is 8.78 Å². The van der Waals surface area contributed by atoms with Crippen LogP contribution in [0, 0.1) is 11.6 Å². The van der Waals surface area contributed by atoms with E-state index in [0.29, 0.717) is 35.1 Å². The number of halogens is 3. The maximum Gasteiger partial charge on any atom is 0.197 e. The van der Waals surface area contributed by atoms with E-state index in [1.54, 1.807) is 12.1 Å². The van der Waals surface area contributed by atoms with E-state index >= 15 is 0 Å². The molecule has 0 spiro atoms. The third-order valence-electron chi connectivity index (χ3n) is 5.13. The number of carbonyl (C=O) groups is 1. The van der Waals surface area contributed by atoms with Crippen LogP contribution in [0.5, 0.6) is 5.75 Å². The highest BCUT2D eigenvalue weighted by atomic mass is 127. The lowest BCUT2D eigenvalue weighted by atomic mass is 9.98. The van der Waals surface area contributed by atoms with Gasteiger partial charge in [-0.1, -0.05) is 31.5 Å². The molecule has 0 fully saturated rings. The van der Waals surface area contributed by atoms with E-state index in [-0.39, 0.29) is 36.1 Å². The quantitative estimate of drug-likeness (QED) is 0.167. The standard InChI is InChI=1S/C25H30F2NO3.HI/c1-5-6-11-22-23(18-10-7-8-12-21(18)31-22)24(29)17-15-19(26)25(20(27)16-17)30-14-9-13-28(2,3)4;/h7-8,10,12,15-16H,5-6,9,11,13-14H2,1-4H3;1H/q+1;/p-1. The molecule has 0 unspecified atom stereocenters. The highest BCUT2D eigenvalue weighted by Gasteiger charge is 2.24. The van der Waals surface area contributed by atoms with Crippen LogP contribution in [0.3, 0.4) is 0 Å². The van der Waals surface area contributed by atoms with Crippen LogP contribution in [-0.2, 0) is 6.42 Å². The van der Waals surface area contributed by atoms with Crippen LogP contribution in [0.25, 0.3) is 11.0 Å². The Labute approximate surface area is 205 Å². The molecule has 3 rings (SSSR count). The van der Waals surface area contributed by atoms with Gasteiger partial charge < -0.3 is 37.6 Å². The molecule has 4 nitrogen and oxygen atoms in total. The van der Waals surface area contributed by atoms with Crippen molar-refractivity contribution in [3.8, 4) is 5.75 Å². The summed E-state index contributed by atoms with van der Waals surface area (Å²) in [6.07, 6.45) is 3.03. The zero-order chi connectivity index (χ0) is 22.6. The van der Waals surface area contributed by atoms with Gasteiger partial charge in [0.2, 0.25) is 0 Å². The molecule has 0 radical (unpaired) electrons. The van der Waals surface area contributed by atoms with Gasteiger partial charge in [0.1, 0.15) is 11.3 Å². The number of nitrogens with zero attached hydrogens (tertiary/aromatic N) is 1. The Kier molecular flexibility index (Phi) is 9.21. The van der Waals surface area contributed by atoms with Crippen LogP contribution in [0.1, 0.15) is 47.9 Å². The van der Waals surface area contributed by atoms with Crippen molar-refractivity contribution in [1.82, 2.24) is 0 Å². The fourth-order valence-corrected chi connectivity index (χ4v) is 3.54. The first-order valence-electron chi connectivity index (χ1n) is 10.7. The lowest BCUT2D eigenvalue weighted by Gasteiger charge is -2.23. The second-order valence-electron chi connectivity index (χ2n) is 8.81. The summed E-state index contributed by atoms with van der Waals surface area (Å²) >= 11 is 0. The highest BCUT2D eigenvalue weighted by Crippen LogP contribution is 2.31. The van der Waals surface area contributed by atoms with Gasteiger partial charge in [0.05, 0.1) is 39.9 Å². The summed E-state index contributed by atoms with van der Waals surface area (Å²) in [6.45, 7) is 3.06. The number of ketones is 1. The Morgan fingerprint density at radius 3 is 2.34 bits per heavy atom. The minimum Gasteiger partial charge on any atom is -1.00 e. The smallest absolute Gasteiger partial charge is 0.197 e. The van der Waals surface area contributed by atoms with Gasteiger partial charge >= 0.3 is 0 Å². The summed E-state index contributed by atoms with van der Waals surface area (Å²) in [4.78, 5) is 13.3. The Bertz CT molecular complexity index is 1050. The zero-order valence-corrected chi connectivity index (χ0v) is 21.2. The normalized spacial score (nSPS) is 11.4. The summed E-state index contributed by atoms with van der Waals surface area (Å²) in [6, 6.07) is 9.31. The summed E-state index contributed by atoms with van der Waals surface area (Å²) < 4.78 is 41.3. The molecule has 0 N–H and O–H groups in total. The molecule has 32 heavy (non-hydrogen) atoms. The molecule has 0 aliphatic heterocycles. The molecular weight excluding hydrogens is 527 g/mol. The number of benzene rings is 2. The van der Waals surface area contributed by atoms with Gasteiger partial charge in [-0.25, -0.2) is 8.78 Å². The van der Waals surface area contributed by atoms with Crippen molar-refractivity contribution in [2.45, 2.75) is 32.6 Å². The lowest BCUT2D eigenvalue weighted by Crippen LogP contribution is -3.00.